The van der Waals surface area contributed by atoms with Crippen LogP contribution in [0.15, 0.2) is 6.20 Å². The summed E-state index contributed by atoms with van der Waals surface area (Å²) in [5.74, 6) is 0.990. The summed E-state index contributed by atoms with van der Waals surface area (Å²) in [6, 6.07) is 1.34. The van der Waals surface area contributed by atoms with Gasteiger partial charge in [-0.05, 0) is 46.6 Å². The lowest BCUT2D eigenvalue weighted by atomic mass is 9.90. The van der Waals surface area contributed by atoms with E-state index in [2.05, 4.69) is 21.9 Å². The van der Waals surface area contributed by atoms with E-state index in [1.54, 1.807) is 13.1 Å². The van der Waals surface area contributed by atoms with Crippen molar-refractivity contribution in [1.82, 2.24) is 14.9 Å². The molecule has 2 aliphatic rings. The molecule has 2 bridgehead atoms. The molecule has 0 saturated carbocycles. The largest absolute Gasteiger partial charge is 0.462 e. The van der Waals surface area contributed by atoms with Gasteiger partial charge in [0.1, 0.15) is 5.82 Å². The Bertz CT molecular complexity index is 532. The minimum atomic E-state index is -0.329. The summed E-state index contributed by atoms with van der Waals surface area (Å²) in [6.07, 6.45) is 6.47. The van der Waals surface area contributed by atoms with E-state index in [4.69, 9.17) is 4.74 Å². The first-order valence-corrected chi connectivity index (χ1v) is 7.82. The van der Waals surface area contributed by atoms with Crippen LogP contribution in [-0.2, 0) is 4.74 Å². The number of aromatic nitrogens is 2. The molecule has 2 unspecified atom stereocenters. The molecule has 2 saturated heterocycles. The number of fused-ring (bicyclic) bond motifs is 2. The Hall–Kier alpha value is -1.49. The van der Waals surface area contributed by atoms with Crippen LogP contribution in [0.1, 0.15) is 60.4 Å². The normalized spacial score (nSPS) is 28.6. The zero-order chi connectivity index (χ0) is 15.0. The third kappa shape index (κ3) is 2.67. The van der Waals surface area contributed by atoms with Crippen LogP contribution in [0.4, 0.5) is 0 Å². The van der Waals surface area contributed by atoms with Gasteiger partial charge in [-0.15, -0.1) is 0 Å². The molecule has 2 aliphatic heterocycles. The van der Waals surface area contributed by atoms with Crippen molar-refractivity contribution >= 4 is 5.97 Å². The molecule has 0 spiro atoms. The fraction of sp³-hybridized carbons (Fsp3) is 0.688. The first-order valence-electron chi connectivity index (χ1n) is 7.82. The van der Waals surface area contributed by atoms with Crippen LogP contribution in [-0.4, -0.2) is 46.6 Å². The van der Waals surface area contributed by atoms with Crippen molar-refractivity contribution < 1.29 is 9.53 Å². The summed E-state index contributed by atoms with van der Waals surface area (Å²) in [5.41, 5.74) is 1.21. The molecule has 0 aromatic carbocycles. The smallest absolute Gasteiger partial charge is 0.341 e. The van der Waals surface area contributed by atoms with Crippen LogP contribution in [0.3, 0.4) is 0 Å². The number of nitrogens with zero attached hydrogens (tertiary/aromatic N) is 3. The second-order valence-corrected chi connectivity index (χ2v) is 6.17. The fourth-order valence-corrected chi connectivity index (χ4v) is 3.71. The van der Waals surface area contributed by atoms with Crippen molar-refractivity contribution in [1.29, 1.82) is 0 Å². The molecule has 1 aromatic heterocycles. The van der Waals surface area contributed by atoms with Gasteiger partial charge < -0.3 is 9.64 Å². The third-order valence-corrected chi connectivity index (χ3v) is 4.96. The summed E-state index contributed by atoms with van der Waals surface area (Å²) >= 11 is 0. The minimum Gasteiger partial charge on any atom is -0.462 e. The van der Waals surface area contributed by atoms with Gasteiger partial charge in [0.2, 0.25) is 0 Å². The van der Waals surface area contributed by atoms with Crippen LogP contribution in [0.2, 0.25) is 0 Å². The average Bonchev–Trinajstić information content (AvgIpc) is 2.69. The Labute approximate surface area is 125 Å². The number of rotatable bonds is 3. The van der Waals surface area contributed by atoms with Gasteiger partial charge in [0, 0.05) is 24.2 Å². The first kappa shape index (κ1) is 14.4. The Kier molecular flexibility index (Phi) is 3.93. The van der Waals surface area contributed by atoms with Crippen LogP contribution in [0.25, 0.3) is 0 Å². The standard InChI is InChI=1S/C16H23N3O2/c1-4-21-16(20)14-9-17-15(18-10(14)2)11-7-12-5-6-13(8-11)19(12)3/h9,11-13H,4-8H2,1-3H3. The van der Waals surface area contributed by atoms with Gasteiger partial charge in [0.15, 0.2) is 0 Å². The molecule has 1 aromatic rings. The molecule has 0 aliphatic carbocycles. The molecule has 2 atom stereocenters. The SMILES string of the molecule is CCOC(=O)c1cnc(C2CC3CCC(C2)N3C)nc1C. The van der Waals surface area contributed by atoms with Gasteiger partial charge in [0.05, 0.1) is 17.9 Å². The molecule has 0 N–H and O–H groups in total. The van der Waals surface area contributed by atoms with E-state index >= 15 is 0 Å². The molecule has 21 heavy (non-hydrogen) atoms. The second kappa shape index (κ2) is 5.72. The Balaban J connectivity index is 1.78. The van der Waals surface area contributed by atoms with Crippen molar-refractivity contribution in [3.05, 3.63) is 23.3 Å². The van der Waals surface area contributed by atoms with Crippen LogP contribution >= 0.6 is 0 Å². The number of aryl methyl sites for hydroxylation is 1. The number of carbonyl (C=O) groups is 1. The zero-order valence-corrected chi connectivity index (χ0v) is 13.0. The van der Waals surface area contributed by atoms with Crippen LogP contribution in [0.5, 0.6) is 0 Å². The molecule has 114 valence electrons. The van der Waals surface area contributed by atoms with E-state index in [1.165, 1.54) is 12.8 Å². The molecule has 3 rings (SSSR count). The van der Waals surface area contributed by atoms with Gasteiger partial charge in [-0.2, -0.15) is 0 Å². The number of ether oxygens (including phenoxy) is 1. The molecule has 0 amide bonds. The van der Waals surface area contributed by atoms with Crippen molar-refractivity contribution in [2.75, 3.05) is 13.7 Å². The van der Waals surface area contributed by atoms with Crippen molar-refractivity contribution in [3.8, 4) is 0 Å². The summed E-state index contributed by atoms with van der Waals surface area (Å²) < 4.78 is 5.03. The Morgan fingerprint density at radius 1 is 1.38 bits per heavy atom. The number of piperidine rings is 1. The lowest BCUT2D eigenvalue weighted by Gasteiger charge is -2.35. The molecule has 5 nitrogen and oxygen atoms in total. The van der Waals surface area contributed by atoms with Gasteiger partial charge in [-0.25, -0.2) is 14.8 Å². The van der Waals surface area contributed by atoms with Gasteiger partial charge in [-0.3, -0.25) is 0 Å². The quantitative estimate of drug-likeness (QED) is 0.799. The predicted octanol–water partition coefficient (Wildman–Crippen LogP) is 2.30. The predicted molar refractivity (Wildman–Crippen MR) is 79.3 cm³/mol. The summed E-state index contributed by atoms with van der Waals surface area (Å²) in [5, 5.41) is 0. The highest BCUT2D eigenvalue weighted by Crippen LogP contribution is 2.41. The van der Waals surface area contributed by atoms with E-state index in [-0.39, 0.29) is 5.97 Å². The van der Waals surface area contributed by atoms with Crippen LogP contribution < -0.4 is 0 Å². The number of hydrogen-bond acceptors (Lipinski definition) is 5. The summed E-state index contributed by atoms with van der Waals surface area (Å²) in [4.78, 5) is 23.4. The van der Waals surface area contributed by atoms with Gasteiger partial charge in [0.25, 0.3) is 0 Å². The highest BCUT2D eigenvalue weighted by atomic mass is 16.5. The van der Waals surface area contributed by atoms with Gasteiger partial charge in [-0.1, -0.05) is 0 Å². The molecule has 2 fully saturated rings. The number of esters is 1. The summed E-state index contributed by atoms with van der Waals surface area (Å²) in [6.45, 7) is 4.04. The van der Waals surface area contributed by atoms with Crippen LogP contribution in [0, 0.1) is 6.92 Å². The molecular weight excluding hydrogens is 266 g/mol. The lowest BCUT2D eigenvalue weighted by Crippen LogP contribution is -2.39. The van der Waals surface area contributed by atoms with Gasteiger partial charge >= 0.3 is 5.97 Å². The van der Waals surface area contributed by atoms with E-state index in [9.17, 15) is 4.79 Å². The van der Waals surface area contributed by atoms with E-state index in [0.29, 0.717) is 30.2 Å². The first-order chi connectivity index (χ1) is 10.1. The monoisotopic (exact) mass is 289 g/mol. The maximum Gasteiger partial charge on any atom is 0.341 e. The fourth-order valence-electron chi connectivity index (χ4n) is 3.71. The highest BCUT2D eigenvalue weighted by molar-refractivity contribution is 5.90. The third-order valence-electron chi connectivity index (χ3n) is 4.96. The van der Waals surface area contributed by atoms with E-state index < -0.39 is 0 Å². The average molecular weight is 289 g/mol. The van der Waals surface area contributed by atoms with E-state index in [0.717, 1.165) is 24.4 Å². The van der Waals surface area contributed by atoms with Crippen molar-refractivity contribution in [2.24, 2.45) is 0 Å². The van der Waals surface area contributed by atoms with Crippen molar-refractivity contribution in [3.63, 3.8) is 0 Å². The molecule has 5 heteroatoms. The molecule has 3 heterocycles. The maximum absolute atomic E-state index is 11.8. The Morgan fingerprint density at radius 3 is 2.62 bits per heavy atom. The Morgan fingerprint density at radius 2 is 2.05 bits per heavy atom. The number of carbonyl (C=O) groups excluding carboxylic acids is 1. The highest BCUT2D eigenvalue weighted by Gasteiger charge is 2.39. The maximum atomic E-state index is 11.8. The lowest BCUT2D eigenvalue weighted by molar-refractivity contribution is 0.0524. The van der Waals surface area contributed by atoms with Crippen molar-refractivity contribution in [2.45, 2.75) is 57.5 Å². The topological polar surface area (TPSA) is 55.3 Å². The minimum absolute atomic E-state index is 0.329. The zero-order valence-electron chi connectivity index (χ0n) is 13.0. The molecular formula is C16H23N3O2. The molecule has 0 radical (unpaired) electrons. The van der Waals surface area contributed by atoms with E-state index in [1.807, 2.05) is 6.92 Å². The summed E-state index contributed by atoms with van der Waals surface area (Å²) in [7, 11) is 2.23. The number of hydrogen-bond donors (Lipinski definition) is 0. The second-order valence-electron chi connectivity index (χ2n) is 6.17.